The van der Waals surface area contributed by atoms with Gasteiger partial charge in [-0.2, -0.15) is 0 Å². The molecule has 1 unspecified atom stereocenters. The van der Waals surface area contributed by atoms with Crippen LogP contribution >= 0.6 is 0 Å². The number of benzene rings is 2. The van der Waals surface area contributed by atoms with E-state index < -0.39 is 16.1 Å². The van der Waals surface area contributed by atoms with Gasteiger partial charge in [0.2, 0.25) is 21.8 Å². The minimum absolute atomic E-state index is 0.134. The number of nitrogens with one attached hydrogen (secondary N) is 1. The topological polar surface area (TPSA) is 86.8 Å². The van der Waals surface area contributed by atoms with Gasteiger partial charge >= 0.3 is 0 Å². The largest absolute Gasteiger partial charge is 0.354 e. The first kappa shape index (κ1) is 27.4. The molecule has 0 spiro atoms. The SMILES string of the molecule is CCCNC(=O)C(C)N(Cc1ccc(C)cc1)C(=O)CCCN(c1ccccc1C)S(C)(=O)=O. The van der Waals surface area contributed by atoms with Crippen LogP contribution in [0.15, 0.2) is 48.5 Å². The summed E-state index contributed by atoms with van der Waals surface area (Å²) in [5.41, 5.74) is 3.52. The first-order chi connectivity index (χ1) is 16.0. The van der Waals surface area contributed by atoms with Crippen molar-refractivity contribution < 1.29 is 18.0 Å². The van der Waals surface area contributed by atoms with Crippen LogP contribution in [0.4, 0.5) is 5.69 Å². The number of hydrogen-bond acceptors (Lipinski definition) is 4. The Bertz CT molecular complexity index is 1070. The zero-order valence-electron chi connectivity index (χ0n) is 20.9. The summed E-state index contributed by atoms with van der Waals surface area (Å²) in [6.45, 7) is 8.61. The molecule has 0 radical (unpaired) electrons. The summed E-state index contributed by atoms with van der Waals surface area (Å²) in [5, 5.41) is 2.86. The normalized spacial score (nSPS) is 12.1. The van der Waals surface area contributed by atoms with E-state index in [1.807, 2.05) is 57.2 Å². The minimum Gasteiger partial charge on any atom is -0.354 e. The van der Waals surface area contributed by atoms with Crippen molar-refractivity contribution in [2.24, 2.45) is 0 Å². The fraction of sp³-hybridized carbons (Fsp3) is 0.462. The molecule has 0 aliphatic rings. The lowest BCUT2D eigenvalue weighted by Crippen LogP contribution is -2.47. The third kappa shape index (κ3) is 7.87. The van der Waals surface area contributed by atoms with Crippen LogP contribution in [0.5, 0.6) is 0 Å². The van der Waals surface area contributed by atoms with Gasteiger partial charge in [-0.25, -0.2) is 8.42 Å². The molecule has 34 heavy (non-hydrogen) atoms. The summed E-state index contributed by atoms with van der Waals surface area (Å²) in [5.74, 6) is -0.377. The van der Waals surface area contributed by atoms with Gasteiger partial charge in [-0.1, -0.05) is 55.0 Å². The molecule has 186 valence electrons. The Kier molecular flexibility index (Phi) is 10.1. The van der Waals surface area contributed by atoms with Crippen molar-refractivity contribution >= 4 is 27.5 Å². The number of anilines is 1. The smallest absolute Gasteiger partial charge is 0.242 e. The van der Waals surface area contributed by atoms with Crippen LogP contribution in [0.1, 0.15) is 49.8 Å². The molecule has 0 aliphatic carbocycles. The molecule has 2 amide bonds. The lowest BCUT2D eigenvalue weighted by Gasteiger charge is -2.29. The van der Waals surface area contributed by atoms with E-state index in [1.165, 1.54) is 10.6 Å². The number of amides is 2. The van der Waals surface area contributed by atoms with E-state index in [2.05, 4.69) is 5.32 Å². The molecule has 0 saturated carbocycles. The van der Waals surface area contributed by atoms with Gasteiger partial charge in [0, 0.05) is 26.1 Å². The van der Waals surface area contributed by atoms with E-state index in [-0.39, 0.29) is 24.8 Å². The minimum atomic E-state index is -3.51. The zero-order valence-corrected chi connectivity index (χ0v) is 21.7. The predicted octanol–water partition coefficient (Wildman–Crippen LogP) is 3.79. The van der Waals surface area contributed by atoms with Crippen molar-refractivity contribution in [3.8, 4) is 0 Å². The average molecular weight is 488 g/mol. The van der Waals surface area contributed by atoms with Gasteiger partial charge in [-0.05, 0) is 50.8 Å². The molecular formula is C26H37N3O4S. The maximum Gasteiger partial charge on any atom is 0.242 e. The van der Waals surface area contributed by atoms with Crippen LogP contribution < -0.4 is 9.62 Å². The second-order valence-electron chi connectivity index (χ2n) is 8.70. The van der Waals surface area contributed by atoms with E-state index >= 15 is 0 Å². The number of carbonyl (C=O) groups is 2. The Morgan fingerprint density at radius 2 is 1.68 bits per heavy atom. The molecule has 0 heterocycles. The standard InChI is InChI=1S/C26H37N3O4S/c1-6-17-27-26(31)22(4)28(19-23-15-13-20(2)14-16-23)25(30)12-9-18-29(34(5,32)33)24-11-8-7-10-21(24)3/h7-8,10-11,13-16,22H,6,9,12,17-19H2,1-5H3,(H,27,31). The Balaban J connectivity index is 2.15. The molecule has 0 aromatic heterocycles. The van der Waals surface area contributed by atoms with Crippen molar-refractivity contribution in [1.82, 2.24) is 10.2 Å². The van der Waals surface area contributed by atoms with Crippen molar-refractivity contribution in [1.29, 1.82) is 0 Å². The third-order valence-corrected chi connectivity index (χ3v) is 6.91. The first-order valence-electron chi connectivity index (χ1n) is 11.7. The molecule has 0 aliphatic heterocycles. The Morgan fingerprint density at radius 3 is 2.26 bits per heavy atom. The lowest BCUT2D eigenvalue weighted by atomic mass is 10.1. The molecule has 2 aromatic rings. The summed E-state index contributed by atoms with van der Waals surface area (Å²) >= 11 is 0. The van der Waals surface area contributed by atoms with Crippen molar-refractivity contribution in [2.75, 3.05) is 23.7 Å². The van der Waals surface area contributed by atoms with Crippen molar-refractivity contribution in [3.05, 3.63) is 65.2 Å². The van der Waals surface area contributed by atoms with E-state index in [1.54, 1.807) is 24.0 Å². The van der Waals surface area contributed by atoms with Crippen LogP contribution in [0, 0.1) is 13.8 Å². The fourth-order valence-electron chi connectivity index (χ4n) is 3.69. The number of hydrogen-bond donors (Lipinski definition) is 1. The summed E-state index contributed by atoms with van der Waals surface area (Å²) in [6, 6.07) is 14.5. The molecule has 2 rings (SSSR count). The van der Waals surface area contributed by atoms with Crippen LogP contribution in [0.3, 0.4) is 0 Å². The van der Waals surface area contributed by atoms with Gasteiger partial charge in [0.05, 0.1) is 11.9 Å². The lowest BCUT2D eigenvalue weighted by molar-refractivity contribution is -0.140. The highest BCUT2D eigenvalue weighted by Crippen LogP contribution is 2.23. The maximum atomic E-state index is 13.2. The quantitative estimate of drug-likeness (QED) is 0.493. The highest BCUT2D eigenvalue weighted by molar-refractivity contribution is 7.92. The fourth-order valence-corrected chi connectivity index (χ4v) is 4.72. The monoisotopic (exact) mass is 487 g/mol. The molecule has 0 bridgehead atoms. The molecule has 1 atom stereocenters. The molecule has 2 aromatic carbocycles. The molecule has 7 nitrogen and oxygen atoms in total. The average Bonchev–Trinajstić information content (AvgIpc) is 2.79. The number of aryl methyl sites for hydroxylation is 2. The van der Waals surface area contributed by atoms with Crippen LogP contribution in [-0.2, 0) is 26.2 Å². The molecule has 0 saturated heterocycles. The second kappa shape index (κ2) is 12.6. The van der Waals surface area contributed by atoms with Gasteiger partial charge in [0.25, 0.3) is 0 Å². The molecule has 8 heteroatoms. The molecule has 1 N–H and O–H groups in total. The molecule has 0 fully saturated rings. The highest BCUT2D eigenvalue weighted by atomic mass is 32.2. The van der Waals surface area contributed by atoms with Gasteiger partial charge in [-0.15, -0.1) is 0 Å². The van der Waals surface area contributed by atoms with E-state index in [0.717, 1.165) is 23.1 Å². The highest BCUT2D eigenvalue weighted by Gasteiger charge is 2.26. The summed E-state index contributed by atoms with van der Waals surface area (Å²) < 4.78 is 26.2. The number of sulfonamides is 1. The maximum absolute atomic E-state index is 13.2. The second-order valence-corrected chi connectivity index (χ2v) is 10.6. The Morgan fingerprint density at radius 1 is 1.03 bits per heavy atom. The van der Waals surface area contributed by atoms with E-state index in [0.29, 0.717) is 25.2 Å². The summed E-state index contributed by atoms with van der Waals surface area (Å²) in [4.78, 5) is 27.5. The first-order valence-corrected chi connectivity index (χ1v) is 13.6. The summed E-state index contributed by atoms with van der Waals surface area (Å²) in [7, 11) is -3.51. The molecular weight excluding hydrogens is 450 g/mol. The number of nitrogens with zero attached hydrogens (tertiary/aromatic N) is 2. The third-order valence-electron chi connectivity index (χ3n) is 5.73. The van der Waals surface area contributed by atoms with E-state index in [4.69, 9.17) is 0 Å². The van der Waals surface area contributed by atoms with Gasteiger partial charge < -0.3 is 10.2 Å². The zero-order chi connectivity index (χ0) is 25.3. The van der Waals surface area contributed by atoms with E-state index in [9.17, 15) is 18.0 Å². The number of para-hydroxylation sites is 1. The summed E-state index contributed by atoms with van der Waals surface area (Å²) in [6.07, 6.45) is 2.46. The van der Waals surface area contributed by atoms with Crippen LogP contribution in [-0.4, -0.2) is 50.5 Å². The predicted molar refractivity (Wildman–Crippen MR) is 137 cm³/mol. The van der Waals surface area contributed by atoms with Gasteiger partial charge in [0.1, 0.15) is 6.04 Å². The van der Waals surface area contributed by atoms with Crippen molar-refractivity contribution in [3.63, 3.8) is 0 Å². The van der Waals surface area contributed by atoms with Gasteiger partial charge in [0.15, 0.2) is 0 Å². The van der Waals surface area contributed by atoms with Gasteiger partial charge in [-0.3, -0.25) is 13.9 Å². The Hall–Kier alpha value is -2.87. The van der Waals surface area contributed by atoms with Crippen LogP contribution in [0.25, 0.3) is 0 Å². The Labute approximate surface area is 204 Å². The van der Waals surface area contributed by atoms with Crippen LogP contribution in [0.2, 0.25) is 0 Å². The van der Waals surface area contributed by atoms with Crippen molar-refractivity contribution in [2.45, 2.75) is 59.5 Å². The number of rotatable bonds is 12. The number of carbonyl (C=O) groups excluding carboxylic acids is 2.